The minimum atomic E-state index is -0.0966. The van der Waals surface area contributed by atoms with Crippen molar-refractivity contribution < 1.29 is 9.53 Å². The van der Waals surface area contributed by atoms with Gasteiger partial charge in [0.15, 0.2) is 0 Å². The number of hydrogen-bond acceptors (Lipinski definition) is 3. The van der Waals surface area contributed by atoms with Crippen molar-refractivity contribution in [2.75, 3.05) is 13.7 Å². The lowest BCUT2D eigenvalue weighted by molar-refractivity contribution is 0.0829. The molecule has 0 spiro atoms. The number of rotatable bonds is 5. The van der Waals surface area contributed by atoms with Gasteiger partial charge in [0.25, 0.3) is 5.91 Å². The van der Waals surface area contributed by atoms with Crippen LogP contribution in [0.4, 0.5) is 0 Å². The van der Waals surface area contributed by atoms with E-state index in [1.807, 2.05) is 48.0 Å². The fourth-order valence-electron chi connectivity index (χ4n) is 1.79. The summed E-state index contributed by atoms with van der Waals surface area (Å²) in [6, 6.07) is 9.54. The molecule has 100 valence electrons. The van der Waals surface area contributed by atoms with Gasteiger partial charge in [-0.15, -0.1) is 0 Å². The zero-order valence-corrected chi connectivity index (χ0v) is 11.9. The molecule has 0 bridgehead atoms. The Kier molecular flexibility index (Phi) is 4.71. The number of thiophene rings is 1. The summed E-state index contributed by atoms with van der Waals surface area (Å²) in [5, 5.41) is 6.94. The molecule has 0 fully saturated rings. The first-order chi connectivity index (χ1) is 9.20. The summed E-state index contributed by atoms with van der Waals surface area (Å²) in [4.78, 5) is 12.0. The summed E-state index contributed by atoms with van der Waals surface area (Å²) >= 11 is 1.62. The number of carbonyl (C=O) groups excluding carboxylic acids is 1. The van der Waals surface area contributed by atoms with Gasteiger partial charge in [0.05, 0.1) is 0 Å². The van der Waals surface area contributed by atoms with Crippen molar-refractivity contribution in [2.24, 2.45) is 0 Å². The lowest BCUT2D eigenvalue weighted by Crippen LogP contribution is -2.28. The number of methoxy groups -OCH3 is 1. The molecule has 2 rings (SSSR count). The maximum absolute atomic E-state index is 12.0. The summed E-state index contributed by atoms with van der Waals surface area (Å²) in [6.45, 7) is 2.47. The average Bonchev–Trinajstić information content (AvgIpc) is 2.94. The molecule has 0 saturated carbocycles. The Bertz CT molecular complexity index is 520. The van der Waals surface area contributed by atoms with E-state index in [1.54, 1.807) is 18.4 Å². The normalized spacial score (nSPS) is 12.1. The summed E-state index contributed by atoms with van der Waals surface area (Å²) < 4.78 is 5.39. The average molecular weight is 275 g/mol. The molecule has 1 unspecified atom stereocenters. The second-order valence-electron chi connectivity index (χ2n) is 4.36. The van der Waals surface area contributed by atoms with Crippen LogP contribution in [0.25, 0.3) is 0 Å². The monoisotopic (exact) mass is 275 g/mol. The number of hydrogen-bond donors (Lipinski definition) is 1. The number of ether oxygens (including phenoxy) is 1. The van der Waals surface area contributed by atoms with E-state index in [2.05, 4.69) is 5.32 Å². The molecule has 0 aliphatic carbocycles. The molecule has 4 heteroatoms. The van der Waals surface area contributed by atoms with E-state index in [-0.39, 0.29) is 12.0 Å². The molecule has 1 atom stereocenters. The van der Waals surface area contributed by atoms with E-state index in [1.165, 1.54) is 0 Å². The highest BCUT2D eigenvalue weighted by Gasteiger charge is 2.13. The van der Waals surface area contributed by atoms with Gasteiger partial charge in [-0.2, -0.15) is 11.3 Å². The van der Waals surface area contributed by atoms with Crippen molar-refractivity contribution in [3.63, 3.8) is 0 Å². The summed E-state index contributed by atoms with van der Waals surface area (Å²) in [6.07, 6.45) is -0.0966. The van der Waals surface area contributed by atoms with Crippen LogP contribution in [-0.2, 0) is 4.74 Å². The third-order valence-corrected chi connectivity index (χ3v) is 3.66. The topological polar surface area (TPSA) is 38.3 Å². The summed E-state index contributed by atoms with van der Waals surface area (Å²) in [5.74, 6) is -0.0720. The molecule has 0 radical (unpaired) electrons. The zero-order valence-electron chi connectivity index (χ0n) is 11.1. The predicted molar refractivity (Wildman–Crippen MR) is 77.6 cm³/mol. The van der Waals surface area contributed by atoms with Crippen LogP contribution in [0.15, 0.2) is 41.1 Å². The number of carbonyl (C=O) groups is 1. The number of aryl methyl sites for hydroxylation is 1. The first kappa shape index (κ1) is 13.8. The van der Waals surface area contributed by atoms with Crippen LogP contribution in [0.5, 0.6) is 0 Å². The molecular formula is C15H17NO2S. The molecule has 2 aromatic rings. The van der Waals surface area contributed by atoms with Crippen LogP contribution < -0.4 is 5.32 Å². The first-order valence-corrected chi connectivity index (χ1v) is 7.04. The Morgan fingerprint density at radius 3 is 2.63 bits per heavy atom. The van der Waals surface area contributed by atoms with Crippen molar-refractivity contribution in [1.82, 2.24) is 5.32 Å². The number of benzene rings is 1. The molecule has 0 aliphatic heterocycles. The second-order valence-corrected chi connectivity index (χ2v) is 5.14. The lowest BCUT2D eigenvalue weighted by Gasteiger charge is -2.15. The Labute approximate surface area is 117 Å². The molecule has 19 heavy (non-hydrogen) atoms. The molecule has 0 aliphatic rings. The molecule has 0 saturated heterocycles. The molecule has 1 heterocycles. The zero-order chi connectivity index (χ0) is 13.7. The summed E-state index contributed by atoms with van der Waals surface area (Å²) in [5.41, 5.74) is 2.91. The van der Waals surface area contributed by atoms with Gasteiger partial charge >= 0.3 is 0 Å². The van der Waals surface area contributed by atoms with Crippen molar-refractivity contribution in [2.45, 2.75) is 13.0 Å². The van der Waals surface area contributed by atoms with Gasteiger partial charge < -0.3 is 10.1 Å². The van der Waals surface area contributed by atoms with E-state index >= 15 is 0 Å². The van der Waals surface area contributed by atoms with E-state index in [0.717, 1.165) is 11.1 Å². The predicted octanol–water partition coefficient (Wildman–Crippen LogP) is 3.17. The molecule has 1 aromatic carbocycles. The fraction of sp³-hybridized carbons (Fsp3) is 0.267. The first-order valence-electron chi connectivity index (χ1n) is 6.10. The van der Waals surface area contributed by atoms with Crippen LogP contribution in [0.2, 0.25) is 0 Å². The number of amides is 1. The maximum Gasteiger partial charge on any atom is 0.251 e. The van der Waals surface area contributed by atoms with Gasteiger partial charge in [0.1, 0.15) is 6.10 Å². The van der Waals surface area contributed by atoms with Gasteiger partial charge in [-0.3, -0.25) is 4.79 Å². The van der Waals surface area contributed by atoms with Gasteiger partial charge in [0.2, 0.25) is 0 Å². The van der Waals surface area contributed by atoms with Crippen LogP contribution in [0.3, 0.4) is 0 Å². The van der Waals surface area contributed by atoms with Gasteiger partial charge in [-0.05, 0) is 41.4 Å². The smallest absolute Gasteiger partial charge is 0.251 e. The van der Waals surface area contributed by atoms with Crippen LogP contribution in [-0.4, -0.2) is 19.6 Å². The van der Waals surface area contributed by atoms with E-state index in [9.17, 15) is 4.79 Å². The quantitative estimate of drug-likeness (QED) is 0.910. The lowest BCUT2D eigenvalue weighted by atomic mass is 10.1. The van der Waals surface area contributed by atoms with Crippen molar-refractivity contribution in [3.05, 3.63) is 57.8 Å². The SMILES string of the molecule is COC(CNC(=O)c1ccc(C)cc1)c1ccsc1. The number of nitrogens with one attached hydrogen (secondary N) is 1. The third kappa shape index (κ3) is 3.66. The van der Waals surface area contributed by atoms with Crippen molar-refractivity contribution >= 4 is 17.2 Å². The standard InChI is InChI=1S/C15H17NO2S/c1-11-3-5-12(6-4-11)15(17)16-9-14(18-2)13-7-8-19-10-13/h3-8,10,14H,9H2,1-2H3,(H,16,17). The van der Waals surface area contributed by atoms with Crippen molar-refractivity contribution in [1.29, 1.82) is 0 Å². The second kappa shape index (κ2) is 6.50. The summed E-state index contributed by atoms with van der Waals surface area (Å²) in [7, 11) is 1.65. The Morgan fingerprint density at radius 1 is 1.32 bits per heavy atom. The molecule has 1 amide bonds. The highest BCUT2D eigenvalue weighted by atomic mass is 32.1. The maximum atomic E-state index is 12.0. The molecule has 3 nitrogen and oxygen atoms in total. The molecular weight excluding hydrogens is 258 g/mol. The van der Waals surface area contributed by atoms with Gasteiger partial charge in [-0.1, -0.05) is 17.7 Å². The van der Waals surface area contributed by atoms with Crippen molar-refractivity contribution in [3.8, 4) is 0 Å². The van der Waals surface area contributed by atoms with Gasteiger partial charge in [-0.25, -0.2) is 0 Å². The largest absolute Gasteiger partial charge is 0.375 e. The van der Waals surface area contributed by atoms with E-state index in [4.69, 9.17) is 4.74 Å². The Morgan fingerprint density at radius 2 is 2.05 bits per heavy atom. The third-order valence-electron chi connectivity index (χ3n) is 2.96. The molecule has 1 aromatic heterocycles. The molecule has 1 N–H and O–H groups in total. The Hall–Kier alpha value is -1.65. The van der Waals surface area contributed by atoms with Crippen LogP contribution >= 0.6 is 11.3 Å². The Balaban J connectivity index is 1.94. The minimum Gasteiger partial charge on any atom is -0.375 e. The van der Waals surface area contributed by atoms with Crippen LogP contribution in [0, 0.1) is 6.92 Å². The van der Waals surface area contributed by atoms with E-state index < -0.39 is 0 Å². The van der Waals surface area contributed by atoms with Crippen LogP contribution in [0.1, 0.15) is 27.6 Å². The highest BCUT2D eigenvalue weighted by Crippen LogP contribution is 2.18. The highest BCUT2D eigenvalue weighted by molar-refractivity contribution is 7.07. The van der Waals surface area contributed by atoms with E-state index in [0.29, 0.717) is 12.1 Å². The minimum absolute atomic E-state index is 0.0720. The van der Waals surface area contributed by atoms with Gasteiger partial charge in [0, 0.05) is 19.2 Å². The fourth-order valence-corrected chi connectivity index (χ4v) is 2.49.